The third-order valence-corrected chi connectivity index (χ3v) is 4.52. The minimum Gasteiger partial charge on any atom is -0.369 e. The van der Waals surface area contributed by atoms with Gasteiger partial charge in [0.1, 0.15) is 0 Å². The molecule has 1 aromatic carbocycles. The number of sulfonamides is 1. The number of nitrogens with zero attached hydrogens (tertiary/aromatic N) is 2. The van der Waals surface area contributed by atoms with Crippen molar-refractivity contribution >= 4 is 21.4 Å². The van der Waals surface area contributed by atoms with Crippen LogP contribution in [0.1, 0.15) is 12.8 Å². The number of benzene rings is 1. The molecule has 0 radical (unpaired) electrons. The molecule has 1 heterocycles. The molecule has 20 heavy (non-hydrogen) atoms. The fourth-order valence-electron chi connectivity index (χ4n) is 2.74. The van der Waals surface area contributed by atoms with Crippen LogP contribution in [0, 0.1) is 0 Å². The van der Waals surface area contributed by atoms with Gasteiger partial charge in [-0.05, 0) is 37.1 Å². The van der Waals surface area contributed by atoms with E-state index in [9.17, 15) is 8.42 Å². The summed E-state index contributed by atoms with van der Waals surface area (Å²) in [6, 6.07) is 8.46. The molecule has 1 aliphatic heterocycles. The van der Waals surface area contributed by atoms with Crippen molar-refractivity contribution in [2.24, 2.45) is 0 Å². The molecule has 0 spiro atoms. The van der Waals surface area contributed by atoms with Gasteiger partial charge in [-0.1, -0.05) is 0 Å². The SMILES string of the molecule is CS(=O)(=O)Nc1ccc(N2CCN(C3CC3)CC2)cc1. The van der Waals surface area contributed by atoms with Crippen molar-refractivity contribution in [3.8, 4) is 0 Å². The number of piperazine rings is 1. The lowest BCUT2D eigenvalue weighted by molar-refractivity contribution is 0.248. The Morgan fingerprint density at radius 3 is 2.15 bits per heavy atom. The average molecular weight is 295 g/mol. The number of hydrogen-bond acceptors (Lipinski definition) is 4. The number of nitrogens with one attached hydrogen (secondary N) is 1. The Morgan fingerprint density at radius 2 is 1.65 bits per heavy atom. The Bertz CT molecular complexity index is 559. The van der Waals surface area contributed by atoms with Gasteiger partial charge in [0.05, 0.1) is 6.26 Å². The zero-order valence-electron chi connectivity index (χ0n) is 11.7. The maximum atomic E-state index is 11.2. The lowest BCUT2D eigenvalue weighted by Gasteiger charge is -2.36. The smallest absolute Gasteiger partial charge is 0.229 e. The molecule has 1 saturated carbocycles. The monoisotopic (exact) mass is 295 g/mol. The highest BCUT2D eigenvalue weighted by atomic mass is 32.2. The van der Waals surface area contributed by atoms with E-state index >= 15 is 0 Å². The van der Waals surface area contributed by atoms with Gasteiger partial charge < -0.3 is 4.90 Å². The van der Waals surface area contributed by atoms with Gasteiger partial charge in [0.2, 0.25) is 10.0 Å². The van der Waals surface area contributed by atoms with Crippen molar-refractivity contribution in [2.45, 2.75) is 18.9 Å². The molecular formula is C14H21N3O2S. The number of hydrogen-bond donors (Lipinski definition) is 1. The first-order valence-electron chi connectivity index (χ1n) is 7.08. The van der Waals surface area contributed by atoms with Crippen LogP contribution >= 0.6 is 0 Å². The topological polar surface area (TPSA) is 52.7 Å². The summed E-state index contributed by atoms with van der Waals surface area (Å²) in [5, 5.41) is 0. The summed E-state index contributed by atoms with van der Waals surface area (Å²) in [5.74, 6) is 0. The molecule has 110 valence electrons. The molecule has 0 bridgehead atoms. The lowest BCUT2D eigenvalue weighted by Crippen LogP contribution is -2.47. The fourth-order valence-corrected chi connectivity index (χ4v) is 3.30. The maximum Gasteiger partial charge on any atom is 0.229 e. The summed E-state index contributed by atoms with van der Waals surface area (Å²) in [6.07, 6.45) is 3.90. The van der Waals surface area contributed by atoms with E-state index in [2.05, 4.69) is 14.5 Å². The van der Waals surface area contributed by atoms with Crippen LogP contribution in [-0.4, -0.2) is 51.8 Å². The second kappa shape index (κ2) is 5.26. The maximum absolute atomic E-state index is 11.2. The van der Waals surface area contributed by atoms with E-state index in [1.807, 2.05) is 24.3 Å². The zero-order chi connectivity index (χ0) is 14.2. The lowest BCUT2D eigenvalue weighted by atomic mass is 10.2. The van der Waals surface area contributed by atoms with Crippen LogP contribution in [0.3, 0.4) is 0 Å². The van der Waals surface area contributed by atoms with Gasteiger partial charge in [0.15, 0.2) is 0 Å². The minimum atomic E-state index is -3.20. The fraction of sp³-hybridized carbons (Fsp3) is 0.571. The summed E-state index contributed by atoms with van der Waals surface area (Å²) < 4.78 is 24.8. The highest BCUT2D eigenvalue weighted by Gasteiger charge is 2.31. The molecule has 1 aliphatic carbocycles. The van der Waals surface area contributed by atoms with Crippen LogP contribution in [0.25, 0.3) is 0 Å². The molecule has 1 aromatic rings. The molecule has 6 heteroatoms. The molecule has 5 nitrogen and oxygen atoms in total. The second-order valence-corrected chi connectivity index (χ2v) is 7.42. The van der Waals surface area contributed by atoms with E-state index < -0.39 is 10.0 Å². The quantitative estimate of drug-likeness (QED) is 0.911. The van der Waals surface area contributed by atoms with Gasteiger partial charge in [-0.15, -0.1) is 0 Å². The summed E-state index contributed by atoms with van der Waals surface area (Å²) in [4.78, 5) is 4.94. The molecule has 0 atom stereocenters. The van der Waals surface area contributed by atoms with Crippen molar-refractivity contribution < 1.29 is 8.42 Å². The first-order valence-corrected chi connectivity index (χ1v) is 8.97. The molecule has 2 aliphatic rings. The van der Waals surface area contributed by atoms with Gasteiger partial charge in [-0.2, -0.15) is 0 Å². The van der Waals surface area contributed by atoms with Crippen LogP contribution < -0.4 is 9.62 Å². The predicted octanol–water partition coefficient (Wildman–Crippen LogP) is 1.34. The van der Waals surface area contributed by atoms with Crippen molar-refractivity contribution in [2.75, 3.05) is 42.1 Å². The molecule has 0 amide bonds. The molecule has 0 aromatic heterocycles. The Balaban J connectivity index is 1.60. The van der Waals surface area contributed by atoms with Crippen LogP contribution in [0.15, 0.2) is 24.3 Å². The van der Waals surface area contributed by atoms with E-state index in [0.29, 0.717) is 5.69 Å². The first-order chi connectivity index (χ1) is 9.51. The van der Waals surface area contributed by atoms with E-state index in [-0.39, 0.29) is 0 Å². The minimum absolute atomic E-state index is 0.618. The Labute approximate surface area is 120 Å². The van der Waals surface area contributed by atoms with E-state index in [1.165, 1.54) is 18.5 Å². The predicted molar refractivity (Wildman–Crippen MR) is 81.7 cm³/mol. The summed E-state index contributed by atoms with van der Waals surface area (Å²) in [5.41, 5.74) is 1.78. The van der Waals surface area contributed by atoms with Crippen LogP contribution in [0.5, 0.6) is 0 Å². The standard InChI is InChI=1S/C14H21N3O2S/c1-20(18,19)15-12-2-4-13(5-3-12)16-8-10-17(11-9-16)14-6-7-14/h2-5,14-15H,6-11H2,1H3. The Morgan fingerprint density at radius 1 is 1.05 bits per heavy atom. The largest absolute Gasteiger partial charge is 0.369 e. The molecule has 1 saturated heterocycles. The van der Waals surface area contributed by atoms with E-state index in [0.717, 1.165) is 38.5 Å². The molecular weight excluding hydrogens is 274 g/mol. The number of rotatable bonds is 4. The van der Waals surface area contributed by atoms with Gasteiger partial charge in [0.25, 0.3) is 0 Å². The van der Waals surface area contributed by atoms with Crippen molar-refractivity contribution in [3.63, 3.8) is 0 Å². The highest BCUT2D eigenvalue weighted by molar-refractivity contribution is 7.92. The van der Waals surface area contributed by atoms with E-state index in [1.54, 1.807) is 0 Å². The third kappa shape index (κ3) is 3.43. The van der Waals surface area contributed by atoms with Gasteiger partial charge in [-0.25, -0.2) is 8.42 Å². The van der Waals surface area contributed by atoms with Gasteiger partial charge in [0, 0.05) is 43.6 Å². The third-order valence-electron chi connectivity index (χ3n) is 3.91. The van der Waals surface area contributed by atoms with Gasteiger partial charge >= 0.3 is 0 Å². The summed E-state index contributed by atoms with van der Waals surface area (Å²) >= 11 is 0. The van der Waals surface area contributed by atoms with Crippen LogP contribution in [0.4, 0.5) is 11.4 Å². The average Bonchev–Trinajstić information content (AvgIpc) is 3.22. The van der Waals surface area contributed by atoms with Crippen LogP contribution in [0.2, 0.25) is 0 Å². The van der Waals surface area contributed by atoms with E-state index in [4.69, 9.17) is 0 Å². The Kier molecular flexibility index (Phi) is 3.60. The van der Waals surface area contributed by atoms with Crippen LogP contribution in [-0.2, 0) is 10.0 Å². The van der Waals surface area contributed by atoms with Crippen molar-refractivity contribution in [1.82, 2.24) is 4.90 Å². The Hall–Kier alpha value is -1.27. The molecule has 0 unspecified atom stereocenters. The number of anilines is 2. The second-order valence-electron chi connectivity index (χ2n) is 5.68. The first kappa shape index (κ1) is 13.7. The normalized spacial score (nSPS) is 20.9. The highest BCUT2D eigenvalue weighted by Crippen LogP contribution is 2.28. The van der Waals surface area contributed by atoms with Gasteiger partial charge in [-0.3, -0.25) is 9.62 Å². The summed E-state index contributed by atoms with van der Waals surface area (Å²) in [7, 11) is -3.20. The zero-order valence-corrected chi connectivity index (χ0v) is 12.6. The summed E-state index contributed by atoms with van der Waals surface area (Å²) in [6.45, 7) is 4.37. The molecule has 3 rings (SSSR count). The van der Waals surface area contributed by atoms with Crippen molar-refractivity contribution in [3.05, 3.63) is 24.3 Å². The van der Waals surface area contributed by atoms with Crippen molar-refractivity contribution in [1.29, 1.82) is 0 Å². The molecule has 2 fully saturated rings. The molecule has 1 N–H and O–H groups in total.